The first-order valence-electron chi connectivity index (χ1n) is 9.35. The summed E-state index contributed by atoms with van der Waals surface area (Å²) in [5.74, 6) is 0.325. The Balaban J connectivity index is 2.28. The monoisotopic (exact) mass is 374 g/mol. The van der Waals surface area contributed by atoms with Gasteiger partial charge in [-0.15, -0.1) is 0 Å². The summed E-state index contributed by atoms with van der Waals surface area (Å²) in [5, 5.41) is 5.48. The first kappa shape index (κ1) is 20.8. The molecule has 0 bridgehead atoms. The van der Waals surface area contributed by atoms with Crippen molar-refractivity contribution in [3.8, 4) is 5.75 Å². The van der Waals surface area contributed by atoms with Crippen molar-refractivity contribution in [2.24, 2.45) is 5.41 Å². The number of hydrogen-bond acceptors (Lipinski definition) is 4. The molecule has 1 aliphatic heterocycles. The lowest BCUT2D eigenvalue weighted by atomic mass is 9.90. The number of hydrogen-bond donors (Lipinski definition) is 2. The average molecular weight is 374 g/mol. The van der Waals surface area contributed by atoms with Crippen LogP contribution in [0, 0.1) is 5.41 Å². The lowest BCUT2D eigenvalue weighted by Gasteiger charge is -2.31. The SMILES string of the molecule is CCCOc1ccc([C@H]2NC(=O)NC(C)=C2C(=O)O[C@@H](C)C(C)(C)C)cc1. The molecule has 0 spiro atoms. The molecular formula is C21H30N2O4. The van der Waals surface area contributed by atoms with Crippen LogP contribution in [0.15, 0.2) is 35.5 Å². The third-order valence-electron chi connectivity index (χ3n) is 4.68. The second kappa shape index (κ2) is 8.46. The molecule has 0 saturated heterocycles. The molecule has 0 aliphatic carbocycles. The van der Waals surface area contributed by atoms with Gasteiger partial charge in [0.15, 0.2) is 0 Å². The zero-order valence-corrected chi connectivity index (χ0v) is 17.0. The van der Waals surface area contributed by atoms with Crippen LogP contribution in [0.2, 0.25) is 0 Å². The van der Waals surface area contributed by atoms with E-state index in [9.17, 15) is 9.59 Å². The summed E-state index contributed by atoms with van der Waals surface area (Å²) in [6, 6.07) is 6.48. The van der Waals surface area contributed by atoms with Crippen molar-refractivity contribution >= 4 is 12.0 Å². The topological polar surface area (TPSA) is 76.7 Å². The maximum absolute atomic E-state index is 12.9. The Kier molecular flexibility index (Phi) is 6.52. The summed E-state index contributed by atoms with van der Waals surface area (Å²) in [5.41, 5.74) is 1.53. The van der Waals surface area contributed by atoms with E-state index in [0.717, 1.165) is 17.7 Å². The molecule has 0 unspecified atom stereocenters. The molecule has 0 fully saturated rings. The second-order valence-electron chi connectivity index (χ2n) is 7.90. The van der Waals surface area contributed by atoms with Crippen molar-refractivity contribution in [2.45, 2.75) is 60.1 Å². The Morgan fingerprint density at radius 2 is 1.85 bits per heavy atom. The van der Waals surface area contributed by atoms with Gasteiger partial charge in [-0.2, -0.15) is 0 Å². The lowest BCUT2D eigenvalue weighted by Crippen LogP contribution is -2.46. The molecule has 2 amide bonds. The molecule has 6 nitrogen and oxygen atoms in total. The number of ether oxygens (including phenoxy) is 2. The minimum atomic E-state index is -0.571. The van der Waals surface area contributed by atoms with Crippen molar-refractivity contribution in [1.82, 2.24) is 10.6 Å². The number of esters is 1. The minimum Gasteiger partial charge on any atom is -0.494 e. The Bertz CT molecular complexity index is 717. The van der Waals surface area contributed by atoms with Gasteiger partial charge in [-0.1, -0.05) is 39.8 Å². The first-order chi connectivity index (χ1) is 12.6. The third-order valence-corrected chi connectivity index (χ3v) is 4.68. The second-order valence-corrected chi connectivity index (χ2v) is 7.90. The molecule has 1 heterocycles. The number of rotatable bonds is 6. The van der Waals surface area contributed by atoms with E-state index in [4.69, 9.17) is 9.47 Å². The molecule has 2 N–H and O–H groups in total. The van der Waals surface area contributed by atoms with Gasteiger partial charge < -0.3 is 20.1 Å². The smallest absolute Gasteiger partial charge is 0.338 e. The Morgan fingerprint density at radius 1 is 1.22 bits per heavy atom. The predicted octanol–water partition coefficient (Wildman–Crippen LogP) is 4.08. The maximum atomic E-state index is 12.9. The molecule has 2 atom stereocenters. The summed E-state index contributed by atoms with van der Waals surface area (Å²) in [4.78, 5) is 24.9. The fraction of sp³-hybridized carbons (Fsp3) is 0.524. The van der Waals surface area contributed by atoms with Gasteiger partial charge in [0.2, 0.25) is 0 Å². The minimum absolute atomic E-state index is 0.177. The zero-order chi connectivity index (χ0) is 20.2. The van der Waals surface area contributed by atoms with Crippen molar-refractivity contribution in [3.63, 3.8) is 0 Å². The molecule has 0 saturated carbocycles. The van der Waals surface area contributed by atoms with Crippen molar-refractivity contribution in [1.29, 1.82) is 0 Å². The number of urea groups is 1. The van der Waals surface area contributed by atoms with Gasteiger partial charge in [0, 0.05) is 5.70 Å². The molecule has 2 rings (SSSR count). The van der Waals surface area contributed by atoms with Crippen LogP contribution in [-0.4, -0.2) is 24.7 Å². The molecule has 0 aromatic heterocycles. The van der Waals surface area contributed by atoms with Crippen LogP contribution in [0.5, 0.6) is 5.75 Å². The van der Waals surface area contributed by atoms with E-state index in [1.165, 1.54) is 0 Å². The van der Waals surface area contributed by atoms with Gasteiger partial charge in [-0.3, -0.25) is 0 Å². The van der Waals surface area contributed by atoms with E-state index in [-0.39, 0.29) is 17.6 Å². The summed E-state index contributed by atoms with van der Waals surface area (Å²) < 4.78 is 11.3. The third kappa shape index (κ3) is 5.25. The Morgan fingerprint density at radius 3 is 2.41 bits per heavy atom. The molecule has 1 aliphatic rings. The van der Waals surface area contributed by atoms with Gasteiger partial charge in [-0.05, 0) is 43.4 Å². The largest absolute Gasteiger partial charge is 0.494 e. The summed E-state index contributed by atoms with van der Waals surface area (Å²) >= 11 is 0. The van der Waals surface area contributed by atoms with Crippen LogP contribution in [0.3, 0.4) is 0 Å². The Hall–Kier alpha value is -2.50. The number of carbonyl (C=O) groups is 2. The van der Waals surface area contributed by atoms with Crippen LogP contribution in [0.1, 0.15) is 59.6 Å². The highest BCUT2D eigenvalue weighted by Crippen LogP contribution is 2.31. The van der Waals surface area contributed by atoms with E-state index >= 15 is 0 Å². The van der Waals surface area contributed by atoms with Gasteiger partial charge in [0.25, 0.3) is 0 Å². The lowest BCUT2D eigenvalue weighted by molar-refractivity contribution is -0.149. The normalized spacial score (nSPS) is 18.4. The van der Waals surface area contributed by atoms with Gasteiger partial charge in [0.1, 0.15) is 11.9 Å². The fourth-order valence-corrected chi connectivity index (χ4v) is 2.59. The van der Waals surface area contributed by atoms with Crippen LogP contribution in [0.4, 0.5) is 4.79 Å². The fourth-order valence-electron chi connectivity index (χ4n) is 2.59. The van der Waals surface area contributed by atoms with Gasteiger partial charge in [-0.25, -0.2) is 9.59 Å². The van der Waals surface area contributed by atoms with Crippen LogP contribution in [0.25, 0.3) is 0 Å². The molecule has 1 aromatic carbocycles. The van der Waals surface area contributed by atoms with Crippen LogP contribution in [-0.2, 0) is 9.53 Å². The summed E-state index contributed by atoms with van der Waals surface area (Å²) in [6.07, 6.45) is 0.657. The van der Waals surface area contributed by atoms with Crippen LogP contribution >= 0.6 is 0 Å². The highest BCUT2D eigenvalue weighted by atomic mass is 16.5. The van der Waals surface area contributed by atoms with E-state index in [1.54, 1.807) is 6.92 Å². The number of benzene rings is 1. The van der Waals surface area contributed by atoms with Gasteiger partial charge >= 0.3 is 12.0 Å². The molecule has 27 heavy (non-hydrogen) atoms. The molecule has 0 radical (unpaired) electrons. The number of carbonyl (C=O) groups excluding carboxylic acids is 2. The Labute approximate surface area is 161 Å². The predicted molar refractivity (Wildman–Crippen MR) is 104 cm³/mol. The van der Waals surface area contributed by atoms with Gasteiger partial charge in [0.05, 0.1) is 18.2 Å². The molecule has 148 valence electrons. The highest BCUT2D eigenvalue weighted by molar-refractivity contribution is 5.95. The maximum Gasteiger partial charge on any atom is 0.338 e. The molecule has 1 aromatic rings. The molecule has 6 heteroatoms. The summed E-state index contributed by atoms with van der Waals surface area (Å²) in [6.45, 7) is 12.3. The average Bonchev–Trinajstić information content (AvgIpc) is 2.58. The summed E-state index contributed by atoms with van der Waals surface area (Å²) in [7, 11) is 0. The van der Waals surface area contributed by atoms with E-state index in [0.29, 0.717) is 17.9 Å². The van der Waals surface area contributed by atoms with E-state index < -0.39 is 12.0 Å². The zero-order valence-electron chi connectivity index (χ0n) is 17.0. The highest BCUT2D eigenvalue weighted by Gasteiger charge is 2.34. The van der Waals surface area contributed by atoms with Crippen molar-refractivity contribution in [3.05, 3.63) is 41.1 Å². The van der Waals surface area contributed by atoms with E-state index in [1.807, 2.05) is 58.9 Å². The van der Waals surface area contributed by atoms with Crippen molar-refractivity contribution < 1.29 is 19.1 Å². The standard InChI is InChI=1S/C21H30N2O4/c1-7-12-26-16-10-8-15(9-11-16)18-17(13(2)22-20(25)23-18)19(24)27-14(3)21(4,5)6/h8-11,14,18H,7,12H2,1-6H3,(H2,22,23,25)/t14-,18+/m0/s1. The number of allylic oxidation sites excluding steroid dienone is 1. The number of nitrogens with one attached hydrogen (secondary N) is 2. The van der Waals surface area contributed by atoms with Crippen LogP contribution < -0.4 is 15.4 Å². The first-order valence-corrected chi connectivity index (χ1v) is 9.35. The molecular weight excluding hydrogens is 344 g/mol. The quantitative estimate of drug-likeness (QED) is 0.736. The van der Waals surface area contributed by atoms with E-state index in [2.05, 4.69) is 10.6 Å². The van der Waals surface area contributed by atoms with Crippen molar-refractivity contribution in [2.75, 3.05) is 6.61 Å². The number of amides is 2.